The van der Waals surface area contributed by atoms with Gasteiger partial charge in [0.05, 0.1) is 12.1 Å². The Labute approximate surface area is 123 Å². The molecule has 0 radical (unpaired) electrons. The Hall–Kier alpha value is -2.68. The number of rotatable bonds is 4. The van der Waals surface area contributed by atoms with E-state index in [-0.39, 0.29) is 5.78 Å². The molecule has 0 unspecified atom stereocenters. The Morgan fingerprint density at radius 1 is 1.00 bits per heavy atom. The standard InChI is InChI=1S/C18H15NO2/c1-2-21-15-10-7-14(8-11-15)18(20)17-12-9-13-5-3-4-6-16(13)19-17/h3-12H,2H2,1H3. The van der Waals surface area contributed by atoms with Gasteiger partial charge in [-0.1, -0.05) is 24.3 Å². The van der Waals surface area contributed by atoms with Gasteiger partial charge in [0.2, 0.25) is 5.78 Å². The van der Waals surface area contributed by atoms with Crippen molar-refractivity contribution in [1.29, 1.82) is 0 Å². The summed E-state index contributed by atoms with van der Waals surface area (Å²) < 4.78 is 5.38. The van der Waals surface area contributed by atoms with E-state index in [4.69, 9.17) is 4.74 Å². The Morgan fingerprint density at radius 2 is 1.76 bits per heavy atom. The number of carbonyl (C=O) groups excluding carboxylic acids is 1. The summed E-state index contributed by atoms with van der Waals surface area (Å²) in [5.41, 5.74) is 1.90. The van der Waals surface area contributed by atoms with Crippen LogP contribution in [0.5, 0.6) is 5.75 Å². The van der Waals surface area contributed by atoms with E-state index in [0.717, 1.165) is 16.7 Å². The second-order valence-electron chi connectivity index (χ2n) is 4.68. The SMILES string of the molecule is CCOc1ccc(C(=O)c2ccc3ccccc3n2)cc1. The largest absolute Gasteiger partial charge is 0.494 e. The third-order valence-electron chi connectivity index (χ3n) is 3.26. The zero-order chi connectivity index (χ0) is 14.7. The van der Waals surface area contributed by atoms with Crippen molar-refractivity contribution < 1.29 is 9.53 Å². The van der Waals surface area contributed by atoms with Crippen LogP contribution in [0.2, 0.25) is 0 Å². The number of nitrogens with zero attached hydrogens (tertiary/aromatic N) is 1. The molecular weight excluding hydrogens is 262 g/mol. The molecule has 3 aromatic rings. The summed E-state index contributed by atoms with van der Waals surface area (Å²) in [5.74, 6) is 0.685. The van der Waals surface area contributed by atoms with E-state index in [1.54, 1.807) is 30.3 Å². The van der Waals surface area contributed by atoms with Gasteiger partial charge in [-0.2, -0.15) is 0 Å². The number of pyridine rings is 1. The quantitative estimate of drug-likeness (QED) is 0.680. The van der Waals surface area contributed by atoms with Crippen LogP contribution in [-0.2, 0) is 0 Å². The maximum absolute atomic E-state index is 12.5. The summed E-state index contributed by atoms with van der Waals surface area (Å²) in [6.45, 7) is 2.54. The molecule has 0 spiro atoms. The van der Waals surface area contributed by atoms with Gasteiger partial charge in [0.1, 0.15) is 11.4 Å². The van der Waals surface area contributed by atoms with Gasteiger partial charge in [-0.3, -0.25) is 4.79 Å². The molecule has 21 heavy (non-hydrogen) atoms. The van der Waals surface area contributed by atoms with Gasteiger partial charge in [-0.05, 0) is 43.3 Å². The summed E-state index contributed by atoms with van der Waals surface area (Å²) >= 11 is 0. The summed E-state index contributed by atoms with van der Waals surface area (Å²) in [7, 11) is 0. The van der Waals surface area contributed by atoms with Gasteiger partial charge in [0.25, 0.3) is 0 Å². The van der Waals surface area contributed by atoms with Gasteiger partial charge < -0.3 is 4.74 Å². The minimum atomic E-state index is -0.0798. The lowest BCUT2D eigenvalue weighted by Crippen LogP contribution is -2.04. The zero-order valence-electron chi connectivity index (χ0n) is 11.7. The van der Waals surface area contributed by atoms with E-state index in [0.29, 0.717) is 17.9 Å². The van der Waals surface area contributed by atoms with Crippen LogP contribution in [0.3, 0.4) is 0 Å². The van der Waals surface area contributed by atoms with Crippen LogP contribution in [0.25, 0.3) is 10.9 Å². The highest BCUT2D eigenvalue weighted by Crippen LogP contribution is 2.17. The monoisotopic (exact) mass is 277 g/mol. The number of ether oxygens (including phenoxy) is 1. The molecular formula is C18H15NO2. The average Bonchev–Trinajstić information content (AvgIpc) is 2.55. The van der Waals surface area contributed by atoms with Gasteiger partial charge in [0, 0.05) is 10.9 Å². The summed E-state index contributed by atoms with van der Waals surface area (Å²) in [6, 6.07) is 18.6. The fourth-order valence-electron chi connectivity index (χ4n) is 2.21. The highest BCUT2D eigenvalue weighted by Gasteiger charge is 2.11. The maximum Gasteiger partial charge on any atom is 0.211 e. The highest BCUT2D eigenvalue weighted by atomic mass is 16.5. The predicted molar refractivity (Wildman–Crippen MR) is 82.8 cm³/mol. The summed E-state index contributed by atoms with van der Waals surface area (Å²) in [5, 5.41) is 1.03. The molecule has 3 nitrogen and oxygen atoms in total. The van der Waals surface area contributed by atoms with Crippen LogP contribution < -0.4 is 4.74 Å². The molecule has 0 N–H and O–H groups in total. The molecule has 0 amide bonds. The number of hydrogen-bond donors (Lipinski definition) is 0. The van der Waals surface area contributed by atoms with Crippen molar-refractivity contribution in [3.63, 3.8) is 0 Å². The third-order valence-corrected chi connectivity index (χ3v) is 3.26. The number of hydrogen-bond acceptors (Lipinski definition) is 3. The fraction of sp³-hybridized carbons (Fsp3) is 0.111. The average molecular weight is 277 g/mol. The van der Waals surface area contributed by atoms with E-state index in [9.17, 15) is 4.79 Å². The van der Waals surface area contributed by atoms with Crippen molar-refractivity contribution in [3.8, 4) is 5.75 Å². The number of para-hydroxylation sites is 1. The maximum atomic E-state index is 12.5. The number of aromatic nitrogens is 1. The lowest BCUT2D eigenvalue weighted by Gasteiger charge is -2.05. The van der Waals surface area contributed by atoms with Gasteiger partial charge in [-0.15, -0.1) is 0 Å². The number of fused-ring (bicyclic) bond motifs is 1. The van der Waals surface area contributed by atoms with E-state index in [2.05, 4.69) is 4.98 Å². The minimum absolute atomic E-state index is 0.0798. The molecule has 0 saturated heterocycles. The third kappa shape index (κ3) is 2.77. The fourth-order valence-corrected chi connectivity index (χ4v) is 2.21. The van der Waals surface area contributed by atoms with Gasteiger partial charge >= 0.3 is 0 Å². The molecule has 104 valence electrons. The molecule has 3 rings (SSSR count). The Balaban J connectivity index is 1.92. The van der Waals surface area contributed by atoms with Gasteiger partial charge in [0.15, 0.2) is 0 Å². The molecule has 0 saturated carbocycles. The first kappa shape index (κ1) is 13.3. The molecule has 1 heterocycles. The smallest absolute Gasteiger partial charge is 0.211 e. The molecule has 0 aliphatic rings. The van der Waals surface area contributed by atoms with Gasteiger partial charge in [-0.25, -0.2) is 4.98 Å². The lowest BCUT2D eigenvalue weighted by molar-refractivity contribution is 0.103. The van der Waals surface area contributed by atoms with Crippen LogP contribution in [0.4, 0.5) is 0 Å². The van der Waals surface area contributed by atoms with E-state index in [1.807, 2.05) is 37.3 Å². The first-order chi connectivity index (χ1) is 10.3. The highest BCUT2D eigenvalue weighted by molar-refractivity contribution is 6.08. The lowest BCUT2D eigenvalue weighted by atomic mass is 10.1. The van der Waals surface area contributed by atoms with Crippen molar-refractivity contribution in [3.05, 3.63) is 71.9 Å². The molecule has 2 aromatic carbocycles. The molecule has 0 aliphatic carbocycles. The van der Waals surface area contributed by atoms with Crippen LogP contribution in [0, 0.1) is 0 Å². The van der Waals surface area contributed by atoms with Crippen molar-refractivity contribution in [1.82, 2.24) is 4.98 Å². The van der Waals surface area contributed by atoms with Crippen LogP contribution in [0.1, 0.15) is 23.0 Å². The Morgan fingerprint density at radius 3 is 2.52 bits per heavy atom. The summed E-state index contributed by atoms with van der Waals surface area (Å²) in [4.78, 5) is 16.9. The summed E-state index contributed by atoms with van der Waals surface area (Å²) in [6.07, 6.45) is 0. The first-order valence-corrected chi connectivity index (χ1v) is 6.91. The number of benzene rings is 2. The van der Waals surface area contributed by atoms with Crippen molar-refractivity contribution in [2.75, 3.05) is 6.61 Å². The molecule has 0 aliphatic heterocycles. The van der Waals surface area contributed by atoms with Crippen LogP contribution in [-0.4, -0.2) is 17.4 Å². The van der Waals surface area contributed by atoms with Crippen molar-refractivity contribution >= 4 is 16.7 Å². The minimum Gasteiger partial charge on any atom is -0.494 e. The van der Waals surface area contributed by atoms with Crippen LogP contribution in [0.15, 0.2) is 60.7 Å². The molecule has 0 atom stereocenters. The van der Waals surface area contributed by atoms with Crippen molar-refractivity contribution in [2.45, 2.75) is 6.92 Å². The first-order valence-electron chi connectivity index (χ1n) is 6.91. The predicted octanol–water partition coefficient (Wildman–Crippen LogP) is 3.86. The molecule has 0 bridgehead atoms. The zero-order valence-corrected chi connectivity index (χ0v) is 11.7. The van der Waals surface area contributed by atoms with E-state index >= 15 is 0 Å². The Kier molecular flexibility index (Phi) is 3.65. The second kappa shape index (κ2) is 5.75. The molecule has 1 aromatic heterocycles. The van der Waals surface area contributed by atoms with Crippen LogP contribution >= 0.6 is 0 Å². The Bertz CT molecular complexity index is 779. The number of ketones is 1. The topological polar surface area (TPSA) is 39.2 Å². The number of carbonyl (C=O) groups is 1. The molecule has 0 fully saturated rings. The second-order valence-corrected chi connectivity index (χ2v) is 4.68. The van der Waals surface area contributed by atoms with Crippen molar-refractivity contribution in [2.24, 2.45) is 0 Å². The van der Waals surface area contributed by atoms with E-state index < -0.39 is 0 Å². The molecule has 3 heteroatoms. The van der Waals surface area contributed by atoms with E-state index in [1.165, 1.54) is 0 Å². The normalized spacial score (nSPS) is 10.5.